The number of aryl methyl sites for hydroxylation is 1. The summed E-state index contributed by atoms with van der Waals surface area (Å²) in [6, 6.07) is 7.72. The van der Waals surface area contributed by atoms with Crippen molar-refractivity contribution in [1.29, 1.82) is 0 Å². The molecule has 8 heteroatoms. The van der Waals surface area contributed by atoms with Gasteiger partial charge in [0.2, 0.25) is 10.0 Å². The van der Waals surface area contributed by atoms with E-state index in [1.807, 2.05) is 31.2 Å². The summed E-state index contributed by atoms with van der Waals surface area (Å²) in [5.41, 5.74) is 2.09. The first-order valence-electron chi connectivity index (χ1n) is 8.20. The van der Waals surface area contributed by atoms with Crippen LogP contribution >= 0.6 is 0 Å². The average Bonchev–Trinajstić information content (AvgIpc) is 2.58. The number of nitrogens with one attached hydrogen (secondary N) is 1. The third-order valence-corrected chi connectivity index (χ3v) is 5.64. The summed E-state index contributed by atoms with van der Waals surface area (Å²) < 4.78 is 29.3. The molecule has 1 saturated heterocycles. The van der Waals surface area contributed by atoms with Crippen molar-refractivity contribution < 1.29 is 22.7 Å². The second-order valence-corrected chi connectivity index (χ2v) is 8.23. The van der Waals surface area contributed by atoms with Crippen molar-refractivity contribution in [2.24, 2.45) is 5.92 Å². The topological polar surface area (TPSA) is 92.8 Å². The van der Waals surface area contributed by atoms with Crippen molar-refractivity contribution >= 4 is 21.9 Å². The number of rotatable bonds is 6. The van der Waals surface area contributed by atoms with Crippen LogP contribution in [-0.2, 0) is 30.9 Å². The third kappa shape index (κ3) is 5.82. The molecule has 2 rings (SSSR count). The standard InChI is InChI=1S/C17H24N2O5S/c1-13-5-3-4-6-15(13)11-18-16(20)12-24-17(21)14-7-9-19(10-8-14)25(2,22)23/h3-6,14H,7-12H2,1-2H3,(H,18,20). The third-order valence-electron chi connectivity index (χ3n) is 4.34. The molecule has 25 heavy (non-hydrogen) atoms. The number of nitrogens with zero attached hydrogens (tertiary/aromatic N) is 1. The molecule has 138 valence electrons. The molecule has 0 bridgehead atoms. The zero-order chi connectivity index (χ0) is 18.4. The molecule has 7 nitrogen and oxygen atoms in total. The Kier molecular flexibility index (Phi) is 6.55. The predicted molar refractivity (Wildman–Crippen MR) is 93.1 cm³/mol. The number of carbonyl (C=O) groups is 2. The van der Waals surface area contributed by atoms with Gasteiger partial charge in [-0.05, 0) is 30.9 Å². The second-order valence-electron chi connectivity index (χ2n) is 6.25. The SMILES string of the molecule is Cc1ccccc1CNC(=O)COC(=O)C1CCN(S(C)(=O)=O)CC1. The Balaban J connectivity index is 1.71. The van der Waals surface area contributed by atoms with E-state index in [0.29, 0.717) is 32.5 Å². The summed E-state index contributed by atoms with van der Waals surface area (Å²) in [5, 5.41) is 2.72. The highest BCUT2D eigenvalue weighted by Crippen LogP contribution is 2.20. The molecular weight excluding hydrogens is 344 g/mol. The number of piperidine rings is 1. The largest absolute Gasteiger partial charge is 0.455 e. The lowest BCUT2D eigenvalue weighted by atomic mass is 9.98. The van der Waals surface area contributed by atoms with E-state index in [1.165, 1.54) is 4.31 Å². The van der Waals surface area contributed by atoms with Crippen molar-refractivity contribution in [1.82, 2.24) is 9.62 Å². The van der Waals surface area contributed by atoms with E-state index in [-0.39, 0.29) is 18.4 Å². The Labute approximate surface area is 148 Å². The zero-order valence-corrected chi connectivity index (χ0v) is 15.3. The lowest BCUT2D eigenvalue weighted by Gasteiger charge is -2.28. The van der Waals surface area contributed by atoms with E-state index >= 15 is 0 Å². The van der Waals surface area contributed by atoms with Crippen LogP contribution in [-0.4, -0.2) is 50.6 Å². The Morgan fingerprint density at radius 1 is 1.24 bits per heavy atom. The Hall–Kier alpha value is -1.93. The van der Waals surface area contributed by atoms with Gasteiger partial charge in [-0.1, -0.05) is 24.3 Å². The molecule has 1 heterocycles. The number of hydrogen-bond acceptors (Lipinski definition) is 5. The summed E-state index contributed by atoms with van der Waals surface area (Å²) in [5.74, 6) is -1.16. The summed E-state index contributed by atoms with van der Waals surface area (Å²) >= 11 is 0. The maximum Gasteiger partial charge on any atom is 0.309 e. The highest BCUT2D eigenvalue weighted by molar-refractivity contribution is 7.88. The zero-order valence-electron chi connectivity index (χ0n) is 14.5. The van der Waals surface area contributed by atoms with Crippen molar-refractivity contribution in [2.75, 3.05) is 26.0 Å². The van der Waals surface area contributed by atoms with E-state index in [0.717, 1.165) is 17.4 Å². The van der Waals surface area contributed by atoms with Gasteiger partial charge in [-0.25, -0.2) is 12.7 Å². The van der Waals surface area contributed by atoms with E-state index in [9.17, 15) is 18.0 Å². The number of esters is 1. The highest BCUT2D eigenvalue weighted by Gasteiger charge is 2.30. The van der Waals surface area contributed by atoms with Gasteiger partial charge in [0.05, 0.1) is 12.2 Å². The summed E-state index contributed by atoms with van der Waals surface area (Å²) in [6.07, 6.45) is 1.98. The maximum atomic E-state index is 12.0. The minimum absolute atomic E-state index is 0.304. The lowest BCUT2D eigenvalue weighted by molar-refractivity contribution is -0.153. The molecule has 0 unspecified atom stereocenters. The van der Waals surface area contributed by atoms with Gasteiger partial charge >= 0.3 is 5.97 Å². The molecule has 1 N–H and O–H groups in total. The van der Waals surface area contributed by atoms with Crippen LogP contribution in [0.5, 0.6) is 0 Å². The Morgan fingerprint density at radius 3 is 2.48 bits per heavy atom. The number of amides is 1. The van der Waals surface area contributed by atoms with Gasteiger partial charge in [-0.2, -0.15) is 0 Å². The van der Waals surface area contributed by atoms with Crippen molar-refractivity contribution in [3.63, 3.8) is 0 Å². The summed E-state index contributed by atoms with van der Waals surface area (Å²) in [4.78, 5) is 23.8. The lowest BCUT2D eigenvalue weighted by Crippen LogP contribution is -2.40. The second kappa shape index (κ2) is 8.44. The van der Waals surface area contributed by atoms with Gasteiger partial charge in [0.25, 0.3) is 5.91 Å². The first kappa shape index (κ1) is 19.4. The van der Waals surface area contributed by atoms with Crippen molar-refractivity contribution in [3.8, 4) is 0 Å². The minimum atomic E-state index is -3.22. The molecule has 1 aromatic carbocycles. The van der Waals surface area contributed by atoms with E-state index in [2.05, 4.69) is 5.32 Å². The quantitative estimate of drug-likeness (QED) is 0.751. The first-order chi connectivity index (χ1) is 11.8. The van der Waals surface area contributed by atoms with Crippen molar-refractivity contribution in [3.05, 3.63) is 35.4 Å². The van der Waals surface area contributed by atoms with Gasteiger partial charge in [0, 0.05) is 19.6 Å². The molecule has 1 aliphatic rings. The molecule has 0 radical (unpaired) electrons. The molecule has 1 aliphatic heterocycles. The average molecular weight is 368 g/mol. The van der Waals surface area contributed by atoms with Crippen LogP contribution in [0.25, 0.3) is 0 Å². The molecular formula is C17H24N2O5S. The molecule has 0 atom stereocenters. The van der Waals surface area contributed by atoms with Gasteiger partial charge in [0.15, 0.2) is 6.61 Å². The van der Waals surface area contributed by atoms with Gasteiger partial charge in [-0.3, -0.25) is 9.59 Å². The fourth-order valence-corrected chi connectivity index (χ4v) is 3.61. The van der Waals surface area contributed by atoms with Crippen LogP contribution in [0.2, 0.25) is 0 Å². The summed E-state index contributed by atoms with van der Waals surface area (Å²) in [7, 11) is -3.22. The summed E-state index contributed by atoms with van der Waals surface area (Å²) in [6.45, 7) is 2.63. The van der Waals surface area contributed by atoms with Crippen LogP contribution < -0.4 is 5.32 Å². The smallest absolute Gasteiger partial charge is 0.309 e. The van der Waals surface area contributed by atoms with Crippen LogP contribution in [0.15, 0.2) is 24.3 Å². The number of carbonyl (C=O) groups excluding carboxylic acids is 2. The van der Waals surface area contributed by atoms with E-state index in [1.54, 1.807) is 0 Å². The molecule has 0 aliphatic carbocycles. The van der Waals surface area contributed by atoms with Gasteiger partial charge in [-0.15, -0.1) is 0 Å². The van der Waals surface area contributed by atoms with E-state index < -0.39 is 16.0 Å². The molecule has 1 fully saturated rings. The maximum absolute atomic E-state index is 12.0. The van der Waals surface area contributed by atoms with Crippen LogP contribution in [0.1, 0.15) is 24.0 Å². The number of hydrogen-bond donors (Lipinski definition) is 1. The Bertz CT molecular complexity index is 724. The first-order valence-corrected chi connectivity index (χ1v) is 10.0. The van der Waals surface area contributed by atoms with Crippen LogP contribution in [0.3, 0.4) is 0 Å². The minimum Gasteiger partial charge on any atom is -0.455 e. The molecule has 1 amide bonds. The molecule has 0 spiro atoms. The van der Waals surface area contributed by atoms with Crippen LogP contribution in [0.4, 0.5) is 0 Å². The molecule has 0 aromatic heterocycles. The van der Waals surface area contributed by atoms with E-state index in [4.69, 9.17) is 4.74 Å². The van der Waals surface area contributed by atoms with Crippen molar-refractivity contribution in [2.45, 2.75) is 26.3 Å². The Morgan fingerprint density at radius 2 is 1.88 bits per heavy atom. The fraction of sp³-hybridized carbons (Fsp3) is 0.529. The monoisotopic (exact) mass is 368 g/mol. The molecule has 1 aromatic rings. The normalized spacial score (nSPS) is 16.4. The molecule has 0 saturated carbocycles. The number of sulfonamides is 1. The van der Waals surface area contributed by atoms with Crippen LogP contribution in [0, 0.1) is 12.8 Å². The number of benzene rings is 1. The van der Waals surface area contributed by atoms with Gasteiger partial charge in [0.1, 0.15) is 0 Å². The number of ether oxygens (including phenoxy) is 1. The van der Waals surface area contributed by atoms with Gasteiger partial charge < -0.3 is 10.1 Å². The fourth-order valence-electron chi connectivity index (χ4n) is 2.73. The highest BCUT2D eigenvalue weighted by atomic mass is 32.2. The predicted octanol–water partition coefficient (Wildman–Crippen LogP) is 0.826.